The first-order valence-corrected chi connectivity index (χ1v) is 6.03. The van der Waals surface area contributed by atoms with Gasteiger partial charge in [-0.3, -0.25) is 4.79 Å². The molecular weight excluding hydrogens is 208 g/mol. The van der Waals surface area contributed by atoms with Gasteiger partial charge < -0.3 is 14.2 Å². The molecule has 96 valence electrons. The van der Waals surface area contributed by atoms with E-state index >= 15 is 0 Å². The molecule has 4 heteroatoms. The maximum atomic E-state index is 11.2. The van der Waals surface area contributed by atoms with E-state index in [1.807, 2.05) is 0 Å². The first kappa shape index (κ1) is 15.4. The topological polar surface area (TPSA) is 44.8 Å². The molecule has 0 radical (unpaired) electrons. The molecule has 0 heterocycles. The summed E-state index contributed by atoms with van der Waals surface area (Å²) in [6.07, 6.45) is 4.93. The Labute approximate surface area is 98.3 Å². The number of carbonyl (C=O) groups is 1. The Morgan fingerprint density at radius 1 is 1.00 bits per heavy atom. The van der Waals surface area contributed by atoms with Gasteiger partial charge in [-0.05, 0) is 6.42 Å². The van der Waals surface area contributed by atoms with Gasteiger partial charge >= 0.3 is 5.97 Å². The summed E-state index contributed by atoms with van der Waals surface area (Å²) in [5.41, 5.74) is 0. The molecule has 0 aromatic carbocycles. The summed E-state index contributed by atoms with van der Waals surface area (Å²) >= 11 is 0. The van der Waals surface area contributed by atoms with Gasteiger partial charge in [0.1, 0.15) is 6.61 Å². The van der Waals surface area contributed by atoms with Gasteiger partial charge in [-0.25, -0.2) is 0 Å². The third-order valence-corrected chi connectivity index (χ3v) is 2.16. The Hall–Kier alpha value is -0.610. The molecule has 0 aliphatic heterocycles. The molecule has 0 N–H and O–H groups in total. The van der Waals surface area contributed by atoms with E-state index in [4.69, 9.17) is 14.2 Å². The fourth-order valence-corrected chi connectivity index (χ4v) is 1.23. The summed E-state index contributed by atoms with van der Waals surface area (Å²) in [6.45, 7) is 4.06. The second kappa shape index (κ2) is 12.5. The minimum atomic E-state index is -0.119. The van der Waals surface area contributed by atoms with Crippen LogP contribution >= 0.6 is 0 Å². The average molecular weight is 232 g/mol. The number of carbonyl (C=O) groups excluding carboxylic acids is 1. The fourth-order valence-electron chi connectivity index (χ4n) is 1.23. The summed E-state index contributed by atoms with van der Waals surface area (Å²) in [5, 5.41) is 0. The zero-order valence-electron chi connectivity index (χ0n) is 10.5. The SMILES string of the molecule is CCCCCCC(=O)OCCOCCOC. The maximum Gasteiger partial charge on any atom is 0.305 e. The summed E-state index contributed by atoms with van der Waals surface area (Å²) in [4.78, 5) is 11.2. The van der Waals surface area contributed by atoms with E-state index in [2.05, 4.69) is 6.92 Å². The van der Waals surface area contributed by atoms with Crippen LogP contribution in [0, 0.1) is 0 Å². The first-order chi connectivity index (χ1) is 7.81. The second-order valence-corrected chi connectivity index (χ2v) is 3.64. The molecule has 0 saturated heterocycles. The Bertz CT molecular complexity index is 159. The minimum Gasteiger partial charge on any atom is -0.463 e. The number of unbranched alkanes of at least 4 members (excludes halogenated alkanes) is 3. The van der Waals surface area contributed by atoms with Gasteiger partial charge in [0, 0.05) is 13.5 Å². The van der Waals surface area contributed by atoms with Crippen LogP contribution < -0.4 is 0 Å². The number of esters is 1. The van der Waals surface area contributed by atoms with Crippen molar-refractivity contribution in [2.24, 2.45) is 0 Å². The van der Waals surface area contributed by atoms with Crippen molar-refractivity contribution in [2.45, 2.75) is 39.0 Å². The van der Waals surface area contributed by atoms with Gasteiger partial charge in [-0.2, -0.15) is 0 Å². The van der Waals surface area contributed by atoms with E-state index in [9.17, 15) is 4.79 Å². The van der Waals surface area contributed by atoms with Crippen LogP contribution in [0.15, 0.2) is 0 Å². The first-order valence-electron chi connectivity index (χ1n) is 6.03. The highest BCUT2D eigenvalue weighted by Crippen LogP contribution is 2.03. The van der Waals surface area contributed by atoms with Gasteiger partial charge in [-0.15, -0.1) is 0 Å². The highest BCUT2D eigenvalue weighted by molar-refractivity contribution is 5.69. The number of methoxy groups -OCH3 is 1. The van der Waals surface area contributed by atoms with Gasteiger partial charge in [0.05, 0.1) is 19.8 Å². The molecule has 0 aliphatic carbocycles. The number of ether oxygens (including phenoxy) is 3. The maximum absolute atomic E-state index is 11.2. The van der Waals surface area contributed by atoms with Gasteiger partial charge in [0.25, 0.3) is 0 Å². The molecule has 0 amide bonds. The molecule has 0 aliphatic rings. The summed E-state index contributed by atoms with van der Waals surface area (Å²) in [6, 6.07) is 0. The third-order valence-electron chi connectivity index (χ3n) is 2.16. The van der Waals surface area contributed by atoms with Crippen molar-refractivity contribution in [2.75, 3.05) is 33.5 Å². The minimum absolute atomic E-state index is 0.119. The van der Waals surface area contributed by atoms with Crippen LogP contribution in [-0.4, -0.2) is 39.5 Å². The molecule has 0 unspecified atom stereocenters. The number of hydrogen-bond acceptors (Lipinski definition) is 4. The van der Waals surface area contributed by atoms with Crippen LogP contribution in [-0.2, 0) is 19.0 Å². The lowest BCUT2D eigenvalue weighted by Gasteiger charge is -2.05. The van der Waals surface area contributed by atoms with Gasteiger partial charge in [0.15, 0.2) is 0 Å². The van der Waals surface area contributed by atoms with Gasteiger partial charge in [0.2, 0.25) is 0 Å². The lowest BCUT2D eigenvalue weighted by molar-refractivity contribution is -0.145. The molecule has 16 heavy (non-hydrogen) atoms. The summed E-state index contributed by atoms with van der Waals surface area (Å²) < 4.78 is 15.0. The van der Waals surface area contributed by atoms with Crippen molar-refractivity contribution < 1.29 is 19.0 Å². The Balaban J connectivity index is 3.11. The molecule has 0 aromatic heterocycles. The molecule has 4 nitrogen and oxygen atoms in total. The van der Waals surface area contributed by atoms with Crippen molar-refractivity contribution in [3.63, 3.8) is 0 Å². The van der Waals surface area contributed by atoms with E-state index in [-0.39, 0.29) is 5.97 Å². The van der Waals surface area contributed by atoms with E-state index < -0.39 is 0 Å². The van der Waals surface area contributed by atoms with Crippen molar-refractivity contribution in [1.29, 1.82) is 0 Å². The molecule has 0 fully saturated rings. The van der Waals surface area contributed by atoms with E-state index in [0.29, 0.717) is 32.8 Å². The van der Waals surface area contributed by atoms with E-state index in [0.717, 1.165) is 12.8 Å². The molecule has 0 atom stereocenters. The third kappa shape index (κ3) is 11.5. The fraction of sp³-hybridized carbons (Fsp3) is 0.917. The quantitative estimate of drug-likeness (QED) is 0.404. The lowest BCUT2D eigenvalue weighted by atomic mass is 10.2. The largest absolute Gasteiger partial charge is 0.463 e. The molecule has 0 aromatic rings. The highest BCUT2D eigenvalue weighted by Gasteiger charge is 2.01. The predicted octanol–water partition coefficient (Wildman–Crippen LogP) is 2.16. The van der Waals surface area contributed by atoms with E-state index in [1.165, 1.54) is 12.8 Å². The smallest absolute Gasteiger partial charge is 0.305 e. The van der Waals surface area contributed by atoms with Crippen molar-refractivity contribution in [3.05, 3.63) is 0 Å². The van der Waals surface area contributed by atoms with Crippen LogP contribution in [0.25, 0.3) is 0 Å². The summed E-state index contributed by atoms with van der Waals surface area (Å²) in [7, 11) is 1.62. The van der Waals surface area contributed by atoms with Crippen molar-refractivity contribution in [1.82, 2.24) is 0 Å². The number of hydrogen-bond donors (Lipinski definition) is 0. The molecular formula is C12H24O4. The normalized spacial score (nSPS) is 10.4. The Morgan fingerprint density at radius 3 is 2.44 bits per heavy atom. The lowest BCUT2D eigenvalue weighted by Crippen LogP contribution is -2.12. The Kier molecular flexibility index (Phi) is 12.0. The van der Waals surface area contributed by atoms with Crippen LogP contribution in [0.5, 0.6) is 0 Å². The number of rotatable bonds is 11. The highest BCUT2D eigenvalue weighted by atomic mass is 16.6. The van der Waals surface area contributed by atoms with Gasteiger partial charge in [-0.1, -0.05) is 26.2 Å². The van der Waals surface area contributed by atoms with Crippen molar-refractivity contribution in [3.8, 4) is 0 Å². The predicted molar refractivity (Wildman–Crippen MR) is 62.4 cm³/mol. The zero-order valence-corrected chi connectivity index (χ0v) is 10.5. The average Bonchev–Trinajstić information content (AvgIpc) is 2.29. The van der Waals surface area contributed by atoms with E-state index in [1.54, 1.807) is 7.11 Å². The van der Waals surface area contributed by atoms with Crippen LogP contribution in [0.4, 0.5) is 0 Å². The molecule has 0 saturated carbocycles. The van der Waals surface area contributed by atoms with Crippen molar-refractivity contribution >= 4 is 5.97 Å². The van der Waals surface area contributed by atoms with Crippen LogP contribution in [0.2, 0.25) is 0 Å². The monoisotopic (exact) mass is 232 g/mol. The standard InChI is InChI=1S/C12H24O4/c1-3-4-5-6-7-12(13)16-11-10-15-9-8-14-2/h3-11H2,1-2H3. The zero-order chi connectivity index (χ0) is 12.1. The Morgan fingerprint density at radius 2 is 1.75 bits per heavy atom. The van der Waals surface area contributed by atoms with Crippen LogP contribution in [0.3, 0.4) is 0 Å². The van der Waals surface area contributed by atoms with Crippen LogP contribution in [0.1, 0.15) is 39.0 Å². The molecule has 0 rings (SSSR count). The molecule has 0 bridgehead atoms. The summed E-state index contributed by atoms with van der Waals surface area (Å²) in [5.74, 6) is -0.119. The molecule has 0 spiro atoms. The second-order valence-electron chi connectivity index (χ2n) is 3.64.